The summed E-state index contributed by atoms with van der Waals surface area (Å²) in [5, 5.41) is 2.66. The lowest BCUT2D eigenvalue weighted by molar-refractivity contribution is -0.119. The number of hydrogen-bond acceptors (Lipinski definition) is 2. The number of nitrogens with one attached hydrogen (secondary N) is 1. The molecule has 1 aliphatic rings. The summed E-state index contributed by atoms with van der Waals surface area (Å²) in [6, 6.07) is 0. The van der Waals surface area contributed by atoms with Crippen molar-refractivity contribution >= 4 is 5.91 Å². The average Bonchev–Trinajstić information content (AvgIpc) is 2.93. The largest absolute Gasteiger partial charge is 0.381 e. The van der Waals surface area contributed by atoms with Gasteiger partial charge in [-0.2, -0.15) is 0 Å². The van der Waals surface area contributed by atoms with Crippen LogP contribution in [-0.2, 0) is 9.53 Å². The van der Waals surface area contributed by atoms with Crippen molar-refractivity contribution in [2.45, 2.75) is 52.4 Å². The molecule has 0 bridgehead atoms. The number of carbonyl (C=O) groups is 1. The summed E-state index contributed by atoms with van der Waals surface area (Å²) in [5.41, 5.74) is 0.566. The number of hydrogen-bond donors (Lipinski definition) is 1. The number of unbranched alkanes of at least 4 members (excludes halogenated alkanes) is 3. The van der Waals surface area contributed by atoms with Gasteiger partial charge in [-0.05, 0) is 31.8 Å². The summed E-state index contributed by atoms with van der Waals surface area (Å²) in [6.45, 7) is 5.77. The maximum Gasteiger partial charge on any atom is 0.279 e. The van der Waals surface area contributed by atoms with Crippen LogP contribution in [0.5, 0.6) is 0 Å². The monoisotopic (exact) mass is 271 g/mol. The van der Waals surface area contributed by atoms with Crippen LogP contribution in [0.2, 0.25) is 0 Å². The number of allylic oxidation sites excluding steroid dienone is 1. The van der Waals surface area contributed by atoms with Crippen LogP contribution < -0.4 is 5.32 Å². The van der Waals surface area contributed by atoms with Gasteiger partial charge in [-0.15, -0.1) is 0 Å². The van der Waals surface area contributed by atoms with E-state index in [0.29, 0.717) is 31.1 Å². The Morgan fingerprint density at radius 3 is 2.79 bits per heavy atom. The summed E-state index contributed by atoms with van der Waals surface area (Å²) in [5.74, 6) is -0.836. The van der Waals surface area contributed by atoms with Gasteiger partial charge in [0.2, 0.25) is 0 Å². The lowest BCUT2D eigenvalue weighted by atomic mass is 10.1. The Morgan fingerprint density at radius 2 is 2.16 bits per heavy atom. The Labute approximate surface area is 115 Å². The molecule has 4 heteroatoms. The third-order valence-electron chi connectivity index (χ3n) is 3.55. The zero-order valence-corrected chi connectivity index (χ0v) is 12.1. The molecule has 1 N–H and O–H groups in total. The molecule has 0 radical (unpaired) electrons. The van der Waals surface area contributed by atoms with Gasteiger partial charge >= 0.3 is 0 Å². The van der Waals surface area contributed by atoms with E-state index in [1.54, 1.807) is 6.92 Å². The molecule has 1 heterocycles. The Morgan fingerprint density at radius 1 is 1.37 bits per heavy atom. The van der Waals surface area contributed by atoms with Crippen LogP contribution in [0.4, 0.5) is 4.39 Å². The van der Waals surface area contributed by atoms with Gasteiger partial charge in [-0.1, -0.05) is 26.2 Å². The Kier molecular flexibility index (Phi) is 7.72. The van der Waals surface area contributed by atoms with Crippen molar-refractivity contribution in [2.75, 3.05) is 19.8 Å². The quantitative estimate of drug-likeness (QED) is 0.543. The highest BCUT2D eigenvalue weighted by atomic mass is 19.1. The van der Waals surface area contributed by atoms with Crippen molar-refractivity contribution < 1.29 is 13.9 Å². The molecule has 1 rings (SSSR count). The van der Waals surface area contributed by atoms with Crippen molar-refractivity contribution in [1.29, 1.82) is 0 Å². The summed E-state index contributed by atoms with van der Waals surface area (Å²) in [4.78, 5) is 11.6. The van der Waals surface area contributed by atoms with Crippen LogP contribution in [0.25, 0.3) is 0 Å². The molecule has 1 amide bonds. The zero-order valence-electron chi connectivity index (χ0n) is 12.1. The summed E-state index contributed by atoms with van der Waals surface area (Å²) in [7, 11) is 0. The Balaban J connectivity index is 2.27. The molecule has 0 aromatic carbocycles. The topological polar surface area (TPSA) is 38.3 Å². The van der Waals surface area contributed by atoms with E-state index in [9.17, 15) is 9.18 Å². The molecule has 1 atom stereocenters. The molecule has 0 aromatic rings. The average molecular weight is 271 g/mol. The Hall–Kier alpha value is -0.900. The van der Waals surface area contributed by atoms with Crippen molar-refractivity contribution in [1.82, 2.24) is 5.32 Å². The summed E-state index contributed by atoms with van der Waals surface area (Å²) < 4.78 is 19.0. The van der Waals surface area contributed by atoms with Crippen LogP contribution in [0.15, 0.2) is 11.4 Å². The van der Waals surface area contributed by atoms with Crippen LogP contribution in [0, 0.1) is 5.92 Å². The van der Waals surface area contributed by atoms with Crippen molar-refractivity contribution in [3.05, 3.63) is 11.4 Å². The third kappa shape index (κ3) is 6.19. The van der Waals surface area contributed by atoms with E-state index >= 15 is 0 Å². The van der Waals surface area contributed by atoms with Gasteiger partial charge in [-0.25, -0.2) is 4.39 Å². The molecule has 19 heavy (non-hydrogen) atoms. The van der Waals surface area contributed by atoms with Crippen LogP contribution in [0.1, 0.15) is 52.4 Å². The molecule has 0 saturated carbocycles. The van der Waals surface area contributed by atoms with Gasteiger partial charge in [0.25, 0.3) is 5.91 Å². The van der Waals surface area contributed by atoms with Crippen LogP contribution in [-0.4, -0.2) is 25.7 Å². The normalized spacial score (nSPS) is 20.3. The van der Waals surface area contributed by atoms with Gasteiger partial charge in [-0.3, -0.25) is 4.79 Å². The molecule has 1 saturated heterocycles. The minimum atomic E-state index is -0.601. The van der Waals surface area contributed by atoms with E-state index in [1.165, 1.54) is 6.42 Å². The minimum Gasteiger partial charge on any atom is -0.381 e. The number of carbonyl (C=O) groups excluding carboxylic acids is 1. The van der Waals surface area contributed by atoms with Crippen molar-refractivity contribution in [3.63, 3.8) is 0 Å². The SMILES string of the molecule is CCCCCCC(C)=C(F)C(=O)NCC1CCOC1. The third-order valence-corrected chi connectivity index (χ3v) is 3.55. The van der Waals surface area contributed by atoms with E-state index in [4.69, 9.17) is 4.74 Å². The van der Waals surface area contributed by atoms with Crippen LogP contribution >= 0.6 is 0 Å². The molecule has 0 aliphatic carbocycles. The molecule has 3 nitrogen and oxygen atoms in total. The first-order valence-electron chi connectivity index (χ1n) is 7.36. The zero-order chi connectivity index (χ0) is 14.1. The van der Waals surface area contributed by atoms with Gasteiger partial charge in [0, 0.05) is 19.1 Å². The molecule has 110 valence electrons. The lowest BCUT2D eigenvalue weighted by Gasteiger charge is -2.09. The van der Waals surface area contributed by atoms with E-state index in [0.717, 1.165) is 32.3 Å². The van der Waals surface area contributed by atoms with Gasteiger partial charge in [0.15, 0.2) is 5.83 Å². The van der Waals surface area contributed by atoms with Crippen molar-refractivity contribution in [3.8, 4) is 0 Å². The van der Waals surface area contributed by atoms with E-state index in [1.807, 2.05) is 0 Å². The fourth-order valence-corrected chi connectivity index (χ4v) is 2.18. The standard InChI is InChI=1S/C15H26FNO2/c1-3-4-5-6-7-12(2)14(16)15(18)17-10-13-8-9-19-11-13/h13H,3-11H2,1-2H3,(H,17,18). The second-order valence-corrected chi connectivity index (χ2v) is 5.34. The van der Waals surface area contributed by atoms with Gasteiger partial charge < -0.3 is 10.1 Å². The second kappa shape index (κ2) is 9.08. The predicted molar refractivity (Wildman–Crippen MR) is 74.5 cm³/mol. The fraction of sp³-hybridized carbons (Fsp3) is 0.800. The van der Waals surface area contributed by atoms with E-state index in [-0.39, 0.29) is 0 Å². The molecule has 1 fully saturated rings. The maximum atomic E-state index is 13.8. The highest BCUT2D eigenvalue weighted by Gasteiger charge is 2.18. The van der Waals surface area contributed by atoms with Crippen molar-refractivity contribution in [2.24, 2.45) is 5.92 Å². The first-order chi connectivity index (χ1) is 9.15. The van der Waals surface area contributed by atoms with E-state index < -0.39 is 11.7 Å². The number of rotatable bonds is 8. The predicted octanol–water partition coefficient (Wildman–Crippen LogP) is 3.35. The molecular formula is C15H26FNO2. The molecule has 0 spiro atoms. The number of ether oxygens (including phenoxy) is 1. The molecule has 0 aromatic heterocycles. The highest BCUT2D eigenvalue weighted by Crippen LogP contribution is 2.16. The number of amides is 1. The maximum absolute atomic E-state index is 13.8. The summed E-state index contributed by atoms with van der Waals surface area (Å²) >= 11 is 0. The first-order valence-corrected chi connectivity index (χ1v) is 7.36. The van der Waals surface area contributed by atoms with Gasteiger partial charge in [0.05, 0.1) is 6.61 Å². The summed E-state index contributed by atoms with van der Waals surface area (Å²) in [6.07, 6.45) is 6.00. The molecule has 1 unspecified atom stereocenters. The number of halogens is 1. The smallest absolute Gasteiger partial charge is 0.279 e. The lowest BCUT2D eigenvalue weighted by Crippen LogP contribution is -2.30. The first kappa shape index (κ1) is 16.2. The van der Waals surface area contributed by atoms with Gasteiger partial charge in [0.1, 0.15) is 0 Å². The fourth-order valence-electron chi connectivity index (χ4n) is 2.18. The minimum absolute atomic E-state index is 0.335. The molecule has 1 aliphatic heterocycles. The Bertz CT molecular complexity index is 309. The highest BCUT2D eigenvalue weighted by molar-refractivity contribution is 5.91. The van der Waals surface area contributed by atoms with Crippen LogP contribution in [0.3, 0.4) is 0 Å². The molecular weight excluding hydrogens is 245 g/mol. The van der Waals surface area contributed by atoms with E-state index in [2.05, 4.69) is 12.2 Å². The second-order valence-electron chi connectivity index (χ2n) is 5.34.